The van der Waals surface area contributed by atoms with Crippen molar-refractivity contribution in [2.75, 3.05) is 14.1 Å². The summed E-state index contributed by atoms with van der Waals surface area (Å²) in [7, 11) is 4.08. The maximum atomic E-state index is 12.1. The largest absolute Gasteiger partial charge is 0.483 e. The lowest BCUT2D eigenvalue weighted by atomic mass is 10.1. The number of H-pyrrole nitrogens is 1. The van der Waals surface area contributed by atoms with Crippen molar-refractivity contribution >= 4 is 12.4 Å². The fourth-order valence-corrected chi connectivity index (χ4v) is 2.19. The van der Waals surface area contributed by atoms with Gasteiger partial charge in [0.15, 0.2) is 0 Å². The second-order valence-corrected chi connectivity index (χ2v) is 5.31. The average molecular weight is 317 g/mol. The smallest absolute Gasteiger partial charge is 0.290 e. The maximum Gasteiger partial charge on any atom is 0.290 e. The van der Waals surface area contributed by atoms with Crippen LogP contribution in [-0.2, 0) is 17.9 Å². The van der Waals surface area contributed by atoms with Gasteiger partial charge in [0.1, 0.15) is 0 Å². The van der Waals surface area contributed by atoms with Gasteiger partial charge < -0.3 is 20.3 Å². The number of aryl methyl sites for hydroxylation is 1. The molecule has 0 bridgehead atoms. The predicted octanol–water partition coefficient (Wildman–Crippen LogP) is 2.02. The third kappa shape index (κ3) is 5.96. The lowest BCUT2D eigenvalue weighted by Gasteiger charge is -2.14. The van der Waals surface area contributed by atoms with Gasteiger partial charge in [-0.15, -0.1) is 0 Å². The third-order valence-corrected chi connectivity index (χ3v) is 3.24. The molecule has 0 fully saturated rings. The molecule has 3 N–H and O–H groups in total. The van der Waals surface area contributed by atoms with Gasteiger partial charge in [-0.25, -0.2) is 0 Å². The molecule has 1 amide bonds. The highest BCUT2D eigenvalue weighted by atomic mass is 16.3. The van der Waals surface area contributed by atoms with Crippen molar-refractivity contribution in [2.24, 2.45) is 0 Å². The summed E-state index contributed by atoms with van der Waals surface area (Å²) < 4.78 is 0. The molecule has 0 unspecified atom stereocenters. The molecule has 2 rings (SSSR count). The molecule has 124 valence electrons. The number of aromatic nitrogens is 1. The highest BCUT2D eigenvalue weighted by Crippen LogP contribution is 2.11. The first-order valence-corrected chi connectivity index (χ1v) is 7.21. The van der Waals surface area contributed by atoms with Crippen molar-refractivity contribution in [3.63, 3.8) is 0 Å². The van der Waals surface area contributed by atoms with Gasteiger partial charge in [0.25, 0.3) is 12.4 Å². The van der Waals surface area contributed by atoms with Gasteiger partial charge >= 0.3 is 0 Å². The van der Waals surface area contributed by atoms with Gasteiger partial charge in [0, 0.05) is 25.0 Å². The van der Waals surface area contributed by atoms with E-state index in [9.17, 15) is 4.79 Å². The van der Waals surface area contributed by atoms with E-state index in [1.807, 2.05) is 33.2 Å². The summed E-state index contributed by atoms with van der Waals surface area (Å²) in [6, 6.07) is 9.99. The molecule has 0 spiro atoms. The van der Waals surface area contributed by atoms with Gasteiger partial charge in [-0.1, -0.05) is 24.3 Å². The monoisotopic (exact) mass is 317 g/mol. The van der Waals surface area contributed by atoms with Gasteiger partial charge in [-0.2, -0.15) is 0 Å². The summed E-state index contributed by atoms with van der Waals surface area (Å²) in [4.78, 5) is 25.6. The minimum absolute atomic E-state index is 0.0385. The van der Waals surface area contributed by atoms with Gasteiger partial charge in [0.05, 0.1) is 5.56 Å². The van der Waals surface area contributed by atoms with Crippen molar-refractivity contribution in [1.82, 2.24) is 15.2 Å². The quantitative estimate of drug-likeness (QED) is 0.737. The Labute approximate surface area is 136 Å². The Morgan fingerprint density at radius 2 is 1.87 bits per heavy atom. The second kappa shape index (κ2) is 9.42. The van der Waals surface area contributed by atoms with Gasteiger partial charge in [-0.3, -0.25) is 9.59 Å². The van der Waals surface area contributed by atoms with E-state index >= 15 is 0 Å². The zero-order chi connectivity index (χ0) is 17.2. The van der Waals surface area contributed by atoms with Gasteiger partial charge in [-0.05, 0) is 38.2 Å². The topological polar surface area (TPSA) is 85.4 Å². The van der Waals surface area contributed by atoms with Crippen molar-refractivity contribution in [3.05, 3.63) is 58.9 Å². The summed E-state index contributed by atoms with van der Waals surface area (Å²) >= 11 is 0. The zero-order valence-electron chi connectivity index (χ0n) is 13.7. The highest BCUT2D eigenvalue weighted by Gasteiger charge is 2.10. The molecule has 23 heavy (non-hydrogen) atoms. The minimum atomic E-state index is -0.250. The average Bonchev–Trinajstić information content (AvgIpc) is 2.92. The summed E-state index contributed by atoms with van der Waals surface area (Å²) in [5.41, 5.74) is 3.99. The van der Waals surface area contributed by atoms with Crippen molar-refractivity contribution < 1.29 is 14.7 Å². The molecule has 2 aromatic rings. The molecule has 1 heterocycles. The maximum absolute atomic E-state index is 12.1. The van der Waals surface area contributed by atoms with E-state index in [1.165, 1.54) is 5.56 Å². The number of carbonyl (C=O) groups is 2. The molecule has 0 aliphatic carbocycles. The van der Waals surface area contributed by atoms with Crippen LogP contribution in [-0.4, -0.2) is 41.5 Å². The Hall–Kier alpha value is -2.60. The van der Waals surface area contributed by atoms with E-state index in [2.05, 4.69) is 27.3 Å². The number of carbonyl (C=O) groups excluding carboxylic acids is 1. The lowest BCUT2D eigenvalue weighted by molar-refractivity contribution is -0.122. The zero-order valence-corrected chi connectivity index (χ0v) is 13.7. The normalized spacial score (nSPS) is 9.91. The number of rotatable bonds is 5. The van der Waals surface area contributed by atoms with Crippen LogP contribution < -0.4 is 5.32 Å². The van der Waals surface area contributed by atoms with Crippen LogP contribution in [0.3, 0.4) is 0 Å². The number of nitrogens with zero attached hydrogens (tertiary/aromatic N) is 1. The summed E-state index contributed by atoms with van der Waals surface area (Å²) in [6.45, 7) is 3.07. The fourth-order valence-electron chi connectivity index (χ4n) is 2.19. The lowest BCUT2D eigenvalue weighted by Crippen LogP contribution is -2.24. The number of benzene rings is 1. The van der Waals surface area contributed by atoms with Crippen LogP contribution in [0.15, 0.2) is 36.5 Å². The van der Waals surface area contributed by atoms with Crippen LogP contribution in [0.25, 0.3) is 0 Å². The Balaban J connectivity index is 0.000000816. The second-order valence-electron chi connectivity index (χ2n) is 5.31. The van der Waals surface area contributed by atoms with E-state index in [-0.39, 0.29) is 12.4 Å². The number of nitrogens with one attached hydrogen (secondary N) is 2. The third-order valence-electron chi connectivity index (χ3n) is 3.24. The predicted molar refractivity (Wildman–Crippen MR) is 89.2 cm³/mol. The van der Waals surface area contributed by atoms with Crippen LogP contribution in [0.4, 0.5) is 0 Å². The van der Waals surface area contributed by atoms with Crippen LogP contribution in [0, 0.1) is 6.92 Å². The summed E-state index contributed by atoms with van der Waals surface area (Å²) in [6.07, 6.45) is 1.78. The van der Waals surface area contributed by atoms with Crippen molar-refractivity contribution in [3.8, 4) is 0 Å². The molecule has 0 radical (unpaired) electrons. The Morgan fingerprint density at radius 3 is 2.39 bits per heavy atom. The first-order chi connectivity index (χ1) is 11.0. The first kappa shape index (κ1) is 18.4. The van der Waals surface area contributed by atoms with E-state index in [4.69, 9.17) is 9.90 Å². The molecule has 6 nitrogen and oxygen atoms in total. The number of carboxylic acid groups (broad SMARTS) is 1. The molecule has 6 heteroatoms. The Bertz CT molecular complexity index is 636. The summed E-state index contributed by atoms with van der Waals surface area (Å²) in [5.74, 6) is -0.0385. The van der Waals surface area contributed by atoms with Crippen molar-refractivity contribution in [1.29, 1.82) is 0 Å². The Kier molecular flexibility index (Phi) is 7.56. The molecule has 0 aliphatic rings. The van der Waals surface area contributed by atoms with Crippen LogP contribution in [0.5, 0.6) is 0 Å². The van der Waals surface area contributed by atoms with Crippen LogP contribution in [0.2, 0.25) is 0 Å². The first-order valence-electron chi connectivity index (χ1n) is 7.21. The van der Waals surface area contributed by atoms with E-state index in [0.717, 1.165) is 17.8 Å². The number of aromatic amines is 1. The van der Waals surface area contributed by atoms with Crippen LogP contribution >= 0.6 is 0 Å². The van der Waals surface area contributed by atoms with E-state index in [1.54, 1.807) is 12.3 Å². The number of hydrogen-bond donors (Lipinski definition) is 3. The molecule has 0 atom stereocenters. The number of hydrogen-bond acceptors (Lipinski definition) is 3. The molecule has 0 saturated heterocycles. The van der Waals surface area contributed by atoms with Gasteiger partial charge in [0.2, 0.25) is 0 Å². The molecular formula is C17H23N3O3. The Morgan fingerprint density at radius 1 is 1.26 bits per heavy atom. The molecule has 0 saturated carbocycles. The molecule has 0 aliphatic heterocycles. The highest BCUT2D eigenvalue weighted by molar-refractivity contribution is 5.95. The molecule has 1 aromatic heterocycles. The molecule has 1 aromatic carbocycles. The van der Waals surface area contributed by atoms with Crippen molar-refractivity contribution in [2.45, 2.75) is 20.0 Å². The summed E-state index contributed by atoms with van der Waals surface area (Å²) in [5, 5.41) is 9.87. The van der Waals surface area contributed by atoms with Crippen LogP contribution in [0.1, 0.15) is 27.2 Å². The fraction of sp³-hybridized carbons (Fsp3) is 0.294. The minimum Gasteiger partial charge on any atom is -0.483 e. The van der Waals surface area contributed by atoms with E-state index < -0.39 is 0 Å². The standard InChI is InChI=1S/C16H21N3O.CH2O2/c1-12-15(8-9-17-12)16(20)18-10-13-6-4-5-7-14(13)11-19(2)3;2-1-3/h4-9,17H,10-11H2,1-3H3,(H,18,20);1H,(H,2,3). The SMILES string of the molecule is Cc1[nH]ccc1C(=O)NCc1ccccc1CN(C)C.O=CO. The van der Waals surface area contributed by atoms with E-state index in [0.29, 0.717) is 12.1 Å². The molecular weight excluding hydrogens is 294 g/mol. The number of amides is 1.